The number of nitrogens with one attached hydrogen (secondary N) is 2. The van der Waals surface area contributed by atoms with Crippen LogP contribution < -0.4 is 10.6 Å². The molecular formula is C12H18N2O4S. The van der Waals surface area contributed by atoms with Crippen molar-refractivity contribution in [3.05, 3.63) is 22.4 Å². The van der Waals surface area contributed by atoms with Crippen LogP contribution in [0.1, 0.15) is 24.9 Å². The Kier molecular flexibility index (Phi) is 6.31. The Bertz CT molecular complexity index is 408. The fourth-order valence-corrected chi connectivity index (χ4v) is 2.25. The minimum Gasteiger partial charge on any atom is -0.481 e. The Labute approximate surface area is 115 Å². The van der Waals surface area contributed by atoms with Crippen molar-refractivity contribution in [3.63, 3.8) is 0 Å². The zero-order chi connectivity index (χ0) is 14.3. The van der Waals surface area contributed by atoms with Crippen molar-refractivity contribution >= 4 is 23.3 Å². The van der Waals surface area contributed by atoms with Gasteiger partial charge in [-0.25, -0.2) is 4.79 Å². The quantitative estimate of drug-likeness (QED) is 0.710. The number of carboxylic acid groups (broad SMARTS) is 1. The average Bonchev–Trinajstić information content (AvgIpc) is 2.87. The molecule has 0 aliphatic heterocycles. The van der Waals surface area contributed by atoms with E-state index in [1.165, 1.54) is 7.11 Å². The number of carbonyl (C=O) groups excluding carboxylic acids is 1. The van der Waals surface area contributed by atoms with Gasteiger partial charge in [0.2, 0.25) is 0 Å². The molecule has 106 valence electrons. The van der Waals surface area contributed by atoms with Crippen LogP contribution in [-0.2, 0) is 9.53 Å². The Morgan fingerprint density at radius 3 is 2.79 bits per heavy atom. The number of carboxylic acids is 1. The first-order valence-electron chi connectivity index (χ1n) is 5.84. The molecule has 6 nitrogen and oxygen atoms in total. The number of methoxy groups -OCH3 is 1. The number of hydrogen-bond acceptors (Lipinski definition) is 4. The van der Waals surface area contributed by atoms with Crippen molar-refractivity contribution < 1.29 is 19.4 Å². The molecule has 3 N–H and O–H groups in total. The molecule has 0 fully saturated rings. The highest BCUT2D eigenvalue weighted by Gasteiger charge is 2.14. The van der Waals surface area contributed by atoms with Gasteiger partial charge in [0.25, 0.3) is 0 Å². The van der Waals surface area contributed by atoms with Gasteiger partial charge in [0.05, 0.1) is 18.6 Å². The second kappa shape index (κ2) is 7.75. The van der Waals surface area contributed by atoms with Crippen LogP contribution in [0.5, 0.6) is 0 Å². The first-order valence-corrected chi connectivity index (χ1v) is 6.78. The zero-order valence-electron chi connectivity index (χ0n) is 10.9. The maximum absolute atomic E-state index is 11.6. The molecule has 1 aromatic rings. The molecule has 0 aliphatic rings. The molecule has 0 radical (unpaired) electrons. The van der Waals surface area contributed by atoms with Crippen molar-refractivity contribution in [2.24, 2.45) is 0 Å². The number of amides is 2. The molecule has 1 rings (SSSR count). The summed E-state index contributed by atoms with van der Waals surface area (Å²) in [6.07, 6.45) is -0.670. The first-order chi connectivity index (χ1) is 9.02. The van der Waals surface area contributed by atoms with Crippen molar-refractivity contribution in [1.82, 2.24) is 10.6 Å². The van der Waals surface area contributed by atoms with E-state index in [0.29, 0.717) is 0 Å². The molecule has 2 amide bonds. The van der Waals surface area contributed by atoms with E-state index in [1.807, 2.05) is 23.8 Å². The number of aliphatic carboxylic acids is 1. The fourth-order valence-electron chi connectivity index (χ4n) is 1.49. The molecule has 19 heavy (non-hydrogen) atoms. The van der Waals surface area contributed by atoms with Gasteiger partial charge >= 0.3 is 12.0 Å². The Morgan fingerprint density at radius 2 is 2.26 bits per heavy atom. The minimum atomic E-state index is -0.958. The van der Waals surface area contributed by atoms with E-state index in [-0.39, 0.29) is 25.0 Å². The second-order valence-corrected chi connectivity index (χ2v) is 4.87. The summed E-state index contributed by atoms with van der Waals surface area (Å²) in [4.78, 5) is 22.2. The van der Waals surface area contributed by atoms with Crippen LogP contribution in [0.25, 0.3) is 0 Å². The molecular weight excluding hydrogens is 268 g/mol. The van der Waals surface area contributed by atoms with Crippen molar-refractivity contribution in [2.75, 3.05) is 13.7 Å². The largest absolute Gasteiger partial charge is 0.481 e. The number of urea groups is 1. The maximum Gasteiger partial charge on any atom is 0.315 e. The molecule has 0 bridgehead atoms. The summed E-state index contributed by atoms with van der Waals surface area (Å²) < 4.78 is 4.97. The summed E-state index contributed by atoms with van der Waals surface area (Å²) >= 11 is 1.57. The van der Waals surface area contributed by atoms with Gasteiger partial charge < -0.3 is 20.5 Å². The van der Waals surface area contributed by atoms with Crippen LogP contribution in [0.3, 0.4) is 0 Å². The summed E-state index contributed by atoms with van der Waals surface area (Å²) in [6, 6.07) is 1.51. The van der Waals surface area contributed by atoms with E-state index in [4.69, 9.17) is 9.84 Å². The number of carbonyl (C=O) groups is 2. The van der Waals surface area contributed by atoms with E-state index < -0.39 is 12.1 Å². The van der Waals surface area contributed by atoms with Gasteiger partial charge in [-0.2, -0.15) is 11.3 Å². The normalized spacial score (nSPS) is 13.6. The predicted molar refractivity (Wildman–Crippen MR) is 72.3 cm³/mol. The Morgan fingerprint density at radius 1 is 1.53 bits per heavy atom. The van der Waals surface area contributed by atoms with Crippen molar-refractivity contribution in [3.8, 4) is 0 Å². The number of thiophene rings is 1. The molecule has 0 aromatic carbocycles. The van der Waals surface area contributed by atoms with Gasteiger partial charge in [-0.3, -0.25) is 4.79 Å². The van der Waals surface area contributed by atoms with Gasteiger partial charge in [0.15, 0.2) is 0 Å². The standard InChI is InChI=1S/C12H18N2O4S/c1-8(9-3-4-19-7-9)14-12(17)13-6-10(18-2)5-11(15)16/h3-4,7-8,10H,5-6H2,1-2H3,(H,15,16)(H2,13,14,17). The van der Waals surface area contributed by atoms with Gasteiger partial charge in [-0.15, -0.1) is 0 Å². The number of hydrogen-bond donors (Lipinski definition) is 3. The zero-order valence-corrected chi connectivity index (χ0v) is 11.7. The monoisotopic (exact) mass is 286 g/mol. The summed E-state index contributed by atoms with van der Waals surface area (Å²) in [5, 5.41) is 17.9. The SMILES string of the molecule is COC(CNC(=O)NC(C)c1ccsc1)CC(=O)O. The molecule has 0 aliphatic carbocycles. The molecule has 7 heteroatoms. The van der Waals surface area contributed by atoms with Crippen LogP contribution in [0.15, 0.2) is 16.8 Å². The first kappa shape index (κ1) is 15.5. The van der Waals surface area contributed by atoms with Crippen LogP contribution in [0.4, 0.5) is 4.79 Å². The minimum absolute atomic E-state index is 0.0910. The van der Waals surface area contributed by atoms with Crippen LogP contribution in [-0.4, -0.2) is 36.9 Å². The summed E-state index contributed by atoms with van der Waals surface area (Å²) in [5.74, 6) is -0.958. The molecule has 2 unspecified atom stereocenters. The van der Waals surface area contributed by atoms with Crippen molar-refractivity contribution in [2.45, 2.75) is 25.5 Å². The third kappa shape index (κ3) is 5.71. The Hall–Kier alpha value is -1.60. The lowest BCUT2D eigenvalue weighted by Gasteiger charge is -2.17. The van der Waals surface area contributed by atoms with E-state index >= 15 is 0 Å². The van der Waals surface area contributed by atoms with E-state index in [1.54, 1.807) is 11.3 Å². The third-order valence-electron chi connectivity index (χ3n) is 2.62. The smallest absolute Gasteiger partial charge is 0.315 e. The molecule has 2 atom stereocenters. The number of rotatable bonds is 7. The van der Waals surface area contributed by atoms with Crippen LogP contribution >= 0.6 is 11.3 Å². The van der Waals surface area contributed by atoms with Gasteiger partial charge in [0.1, 0.15) is 0 Å². The Balaban J connectivity index is 2.32. The van der Waals surface area contributed by atoms with E-state index in [9.17, 15) is 9.59 Å². The highest BCUT2D eigenvalue weighted by molar-refractivity contribution is 7.07. The molecule has 0 spiro atoms. The van der Waals surface area contributed by atoms with E-state index in [0.717, 1.165) is 5.56 Å². The van der Waals surface area contributed by atoms with Crippen LogP contribution in [0, 0.1) is 0 Å². The van der Waals surface area contributed by atoms with Crippen molar-refractivity contribution in [1.29, 1.82) is 0 Å². The summed E-state index contributed by atoms with van der Waals surface area (Å²) in [6.45, 7) is 2.04. The highest BCUT2D eigenvalue weighted by Crippen LogP contribution is 2.15. The molecule has 0 saturated carbocycles. The predicted octanol–water partition coefficient (Wildman–Crippen LogP) is 1.60. The van der Waals surface area contributed by atoms with Crippen LogP contribution in [0.2, 0.25) is 0 Å². The highest BCUT2D eigenvalue weighted by atomic mass is 32.1. The third-order valence-corrected chi connectivity index (χ3v) is 3.32. The summed E-state index contributed by atoms with van der Waals surface area (Å²) in [7, 11) is 1.42. The molecule has 1 aromatic heterocycles. The van der Waals surface area contributed by atoms with Gasteiger partial charge in [-0.05, 0) is 29.3 Å². The average molecular weight is 286 g/mol. The lowest BCUT2D eigenvalue weighted by atomic mass is 10.2. The van der Waals surface area contributed by atoms with Gasteiger partial charge in [-0.1, -0.05) is 0 Å². The topological polar surface area (TPSA) is 87.7 Å². The fraction of sp³-hybridized carbons (Fsp3) is 0.500. The second-order valence-electron chi connectivity index (χ2n) is 4.09. The number of ether oxygens (including phenoxy) is 1. The molecule has 1 heterocycles. The molecule has 0 saturated heterocycles. The van der Waals surface area contributed by atoms with E-state index in [2.05, 4.69) is 10.6 Å². The summed E-state index contributed by atoms with van der Waals surface area (Å²) in [5.41, 5.74) is 1.04. The lowest BCUT2D eigenvalue weighted by molar-refractivity contribution is -0.139. The van der Waals surface area contributed by atoms with Gasteiger partial charge in [0, 0.05) is 13.7 Å². The lowest BCUT2D eigenvalue weighted by Crippen LogP contribution is -2.41. The maximum atomic E-state index is 11.6.